The fourth-order valence-electron chi connectivity index (χ4n) is 1.72. The zero-order valence-electron chi connectivity index (χ0n) is 9.44. The molecule has 0 fully saturated rings. The Morgan fingerprint density at radius 1 is 1.12 bits per heavy atom. The van der Waals surface area contributed by atoms with Gasteiger partial charge in [0.25, 0.3) is 0 Å². The van der Waals surface area contributed by atoms with Crippen LogP contribution in [0.2, 0.25) is 0 Å². The van der Waals surface area contributed by atoms with Crippen molar-refractivity contribution in [3.63, 3.8) is 0 Å². The first-order valence-corrected chi connectivity index (χ1v) is 5.36. The smallest absolute Gasteiger partial charge is 0.153 e. The van der Waals surface area contributed by atoms with Gasteiger partial charge in [0.15, 0.2) is 6.29 Å². The number of benzene rings is 2. The molecule has 0 aliphatic heterocycles. The van der Waals surface area contributed by atoms with Gasteiger partial charge >= 0.3 is 0 Å². The van der Waals surface area contributed by atoms with Gasteiger partial charge in [-0.3, -0.25) is 4.79 Å². The zero-order valence-corrected chi connectivity index (χ0v) is 9.44. The second kappa shape index (κ2) is 4.35. The van der Waals surface area contributed by atoms with Crippen LogP contribution in [0.1, 0.15) is 24.2 Å². The third kappa shape index (κ3) is 1.91. The van der Waals surface area contributed by atoms with Crippen molar-refractivity contribution in [2.45, 2.75) is 20.0 Å². The summed E-state index contributed by atoms with van der Waals surface area (Å²) in [7, 11) is 0. The number of rotatable bonds is 3. The molecule has 0 aliphatic carbocycles. The standard InChI is InChI=1S/C14H14O2/c1-10(2)16-14-12(9-15)8-7-11-5-3-4-6-13(11)14/h3-10H,1-2H3. The number of carbonyl (C=O) groups excluding carboxylic acids is 1. The molecule has 0 unspecified atom stereocenters. The molecule has 0 radical (unpaired) electrons. The van der Waals surface area contributed by atoms with E-state index in [2.05, 4.69) is 0 Å². The second-order valence-corrected chi connectivity index (χ2v) is 3.99. The average molecular weight is 214 g/mol. The van der Waals surface area contributed by atoms with E-state index in [1.54, 1.807) is 6.07 Å². The van der Waals surface area contributed by atoms with E-state index in [-0.39, 0.29) is 6.10 Å². The molecule has 2 heteroatoms. The number of carbonyl (C=O) groups is 1. The quantitative estimate of drug-likeness (QED) is 0.731. The summed E-state index contributed by atoms with van der Waals surface area (Å²) in [6.45, 7) is 3.91. The molecule has 0 saturated carbocycles. The van der Waals surface area contributed by atoms with Crippen LogP contribution in [0, 0.1) is 0 Å². The first-order valence-electron chi connectivity index (χ1n) is 5.36. The lowest BCUT2D eigenvalue weighted by molar-refractivity contribution is 0.111. The minimum atomic E-state index is 0.0597. The maximum absolute atomic E-state index is 11.0. The number of fused-ring (bicyclic) bond motifs is 1. The highest BCUT2D eigenvalue weighted by atomic mass is 16.5. The Morgan fingerprint density at radius 3 is 2.56 bits per heavy atom. The zero-order chi connectivity index (χ0) is 11.5. The lowest BCUT2D eigenvalue weighted by Gasteiger charge is -2.14. The molecule has 0 aromatic heterocycles. The predicted octanol–water partition coefficient (Wildman–Crippen LogP) is 3.44. The molecule has 2 nitrogen and oxygen atoms in total. The van der Waals surface area contributed by atoms with E-state index in [4.69, 9.17) is 4.74 Å². The van der Waals surface area contributed by atoms with Gasteiger partial charge in [-0.15, -0.1) is 0 Å². The first-order chi connectivity index (χ1) is 7.72. The van der Waals surface area contributed by atoms with E-state index in [9.17, 15) is 4.79 Å². The minimum Gasteiger partial charge on any atom is -0.490 e. The van der Waals surface area contributed by atoms with Gasteiger partial charge in [0.05, 0.1) is 11.7 Å². The van der Waals surface area contributed by atoms with E-state index in [1.807, 2.05) is 44.2 Å². The van der Waals surface area contributed by atoms with Crippen LogP contribution in [0.4, 0.5) is 0 Å². The number of hydrogen-bond acceptors (Lipinski definition) is 2. The molecule has 16 heavy (non-hydrogen) atoms. The molecule has 2 aromatic rings. The number of aldehydes is 1. The highest BCUT2D eigenvalue weighted by Crippen LogP contribution is 2.29. The third-order valence-electron chi connectivity index (χ3n) is 2.39. The number of ether oxygens (including phenoxy) is 1. The summed E-state index contributed by atoms with van der Waals surface area (Å²) in [4.78, 5) is 11.0. The highest BCUT2D eigenvalue weighted by Gasteiger charge is 2.09. The molecule has 2 aromatic carbocycles. The van der Waals surface area contributed by atoms with Gasteiger partial charge < -0.3 is 4.74 Å². The summed E-state index contributed by atoms with van der Waals surface area (Å²) in [5, 5.41) is 2.07. The Kier molecular flexibility index (Phi) is 2.91. The first kappa shape index (κ1) is 10.7. The largest absolute Gasteiger partial charge is 0.490 e. The van der Waals surface area contributed by atoms with E-state index in [0.717, 1.165) is 17.1 Å². The monoisotopic (exact) mass is 214 g/mol. The molecule has 82 valence electrons. The van der Waals surface area contributed by atoms with E-state index in [1.165, 1.54) is 0 Å². The summed E-state index contributed by atoms with van der Waals surface area (Å²) in [5.41, 5.74) is 0.604. The maximum Gasteiger partial charge on any atom is 0.153 e. The Hall–Kier alpha value is -1.83. The van der Waals surface area contributed by atoms with Crippen LogP contribution < -0.4 is 4.74 Å². The van der Waals surface area contributed by atoms with Crippen molar-refractivity contribution in [3.05, 3.63) is 42.0 Å². The maximum atomic E-state index is 11.0. The summed E-state index contributed by atoms with van der Waals surface area (Å²) in [6, 6.07) is 11.6. The molecule has 0 amide bonds. The normalized spacial score (nSPS) is 10.7. The van der Waals surface area contributed by atoms with Crippen molar-refractivity contribution in [2.75, 3.05) is 0 Å². The molecule has 0 bridgehead atoms. The van der Waals surface area contributed by atoms with Crippen LogP contribution in [-0.4, -0.2) is 12.4 Å². The Morgan fingerprint density at radius 2 is 1.88 bits per heavy atom. The molecule has 0 saturated heterocycles. The van der Waals surface area contributed by atoms with Crippen molar-refractivity contribution < 1.29 is 9.53 Å². The average Bonchev–Trinajstić information content (AvgIpc) is 2.29. The van der Waals surface area contributed by atoms with Crippen molar-refractivity contribution in [2.24, 2.45) is 0 Å². The summed E-state index contributed by atoms with van der Waals surface area (Å²) < 4.78 is 5.72. The molecular formula is C14H14O2. The van der Waals surface area contributed by atoms with Crippen molar-refractivity contribution in [1.29, 1.82) is 0 Å². The van der Waals surface area contributed by atoms with Gasteiger partial charge in [-0.05, 0) is 25.3 Å². The van der Waals surface area contributed by atoms with Crippen molar-refractivity contribution in [1.82, 2.24) is 0 Å². The molecular weight excluding hydrogens is 200 g/mol. The van der Waals surface area contributed by atoms with Crippen LogP contribution in [-0.2, 0) is 0 Å². The van der Waals surface area contributed by atoms with Gasteiger partial charge in [0.1, 0.15) is 5.75 Å². The molecule has 0 aliphatic rings. The lowest BCUT2D eigenvalue weighted by Crippen LogP contribution is -2.07. The summed E-state index contributed by atoms with van der Waals surface area (Å²) in [5.74, 6) is 0.683. The fraction of sp³-hybridized carbons (Fsp3) is 0.214. The lowest BCUT2D eigenvalue weighted by atomic mass is 10.1. The van der Waals surface area contributed by atoms with Crippen molar-refractivity contribution in [3.8, 4) is 5.75 Å². The van der Waals surface area contributed by atoms with Crippen LogP contribution in [0.3, 0.4) is 0 Å². The third-order valence-corrected chi connectivity index (χ3v) is 2.39. The van der Waals surface area contributed by atoms with Gasteiger partial charge in [-0.25, -0.2) is 0 Å². The van der Waals surface area contributed by atoms with Crippen LogP contribution in [0.25, 0.3) is 10.8 Å². The van der Waals surface area contributed by atoms with E-state index < -0.39 is 0 Å². The van der Waals surface area contributed by atoms with Gasteiger partial charge in [-0.2, -0.15) is 0 Å². The SMILES string of the molecule is CC(C)Oc1c(C=O)ccc2ccccc12. The molecule has 0 atom stereocenters. The van der Waals surface area contributed by atoms with Crippen LogP contribution in [0.15, 0.2) is 36.4 Å². The van der Waals surface area contributed by atoms with Crippen molar-refractivity contribution >= 4 is 17.1 Å². The van der Waals surface area contributed by atoms with Gasteiger partial charge in [0.2, 0.25) is 0 Å². The Bertz CT molecular complexity index is 515. The van der Waals surface area contributed by atoms with Crippen LogP contribution >= 0.6 is 0 Å². The Balaban J connectivity index is 2.67. The Labute approximate surface area is 94.8 Å². The molecule has 0 heterocycles. The summed E-state index contributed by atoms with van der Waals surface area (Å²) in [6.07, 6.45) is 0.897. The van der Waals surface area contributed by atoms with E-state index in [0.29, 0.717) is 11.3 Å². The summed E-state index contributed by atoms with van der Waals surface area (Å²) >= 11 is 0. The van der Waals surface area contributed by atoms with Gasteiger partial charge in [-0.1, -0.05) is 30.3 Å². The van der Waals surface area contributed by atoms with E-state index >= 15 is 0 Å². The molecule has 0 spiro atoms. The molecule has 2 rings (SSSR count). The molecule has 0 N–H and O–H groups in total. The minimum absolute atomic E-state index is 0.0597. The van der Waals surface area contributed by atoms with Gasteiger partial charge in [0, 0.05) is 5.39 Å². The highest BCUT2D eigenvalue weighted by molar-refractivity contribution is 5.96. The fourth-order valence-corrected chi connectivity index (χ4v) is 1.72. The second-order valence-electron chi connectivity index (χ2n) is 3.99. The van der Waals surface area contributed by atoms with Crippen LogP contribution in [0.5, 0.6) is 5.75 Å². The number of hydrogen-bond donors (Lipinski definition) is 0. The predicted molar refractivity (Wildman–Crippen MR) is 65.1 cm³/mol. The topological polar surface area (TPSA) is 26.3 Å².